The number of rotatable bonds is 7. The second-order valence-corrected chi connectivity index (χ2v) is 5.82. The van der Waals surface area contributed by atoms with E-state index in [1.165, 1.54) is 7.11 Å². The highest BCUT2D eigenvalue weighted by atomic mass is 16.7. The minimum Gasteiger partial charge on any atom is -0.467 e. The number of ether oxygens (including phenoxy) is 2. The van der Waals surface area contributed by atoms with Crippen molar-refractivity contribution in [3.05, 3.63) is 12.1 Å². The maximum atomic E-state index is 10.8. The average Bonchev–Trinajstić information content (AvgIpc) is 2.56. The third kappa shape index (κ3) is 4.92. The summed E-state index contributed by atoms with van der Waals surface area (Å²) in [5.41, 5.74) is -0.600. The van der Waals surface area contributed by atoms with Gasteiger partial charge in [0, 0.05) is 6.61 Å². The maximum absolute atomic E-state index is 10.8. The SMILES string of the molecule is COC(=O)COCCC/C=C/B1OC(C)(C)C(C)(C)O1. The van der Waals surface area contributed by atoms with E-state index in [1.807, 2.05) is 39.7 Å². The standard InChI is InChI=1S/C14H25BO5/c1-13(2)14(3,4)20-15(19-13)9-7-6-8-10-18-11-12(16)17-5/h7,9H,6,8,10-11H2,1-5H3/b9-7+. The molecule has 0 saturated carbocycles. The van der Waals surface area contributed by atoms with E-state index in [0.717, 1.165) is 12.8 Å². The molecule has 0 aromatic rings. The first-order chi connectivity index (χ1) is 9.28. The molecule has 0 aromatic heterocycles. The minimum atomic E-state index is -0.349. The molecule has 0 N–H and O–H groups in total. The van der Waals surface area contributed by atoms with Gasteiger partial charge in [-0.3, -0.25) is 0 Å². The molecule has 0 amide bonds. The van der Waals surface area contributed by atoms with Crippen molar-refractivity contribution in [1.29, 1.82) is 0 Å². The summed E-state index contributed by atoms with van der Waals surface area (Å²) in [6.07, 6.45) is 3.71. The van der Waals surface area contributed by atoms with E-state index in [-0.39, 0.29) is 30.9 Å². The lowest BCUT2D eigenvalue weighted by Crippen LogP contribution is -2.41. The van der Waals surface area contributed by atoms with Gasteiger partial charge in [0.15, 0.2) is 0 Å². The van der Waals surface area contributed by atoms with Crippen LogP contribution in [0.15, 0.2) is 12.1 Å². The number of hydrogen-bond donors (Lipinski definition) is 0. The van der Waals surface area contributed by atoms with Gasteiger partial charge in [0.1, 0.15) is 6.61 Å². The third-order valence-corrected chi connectivity index (χ3v) is 3.67. The molecule has 0 spiro atoms. The van der Waals surface area contributed by atoms with Crippen LogP contribution in [0.1, 0.15) is 40.5 Å². The van der Waals surface area contributed by atoms with Gasteiger partial charge in [-0.1, -0.05) is 12.1 Å². The van der Waals surface area contributed by atoms with E-state index < -0.39 is 0 Å². The minimum absolute atomic E-state index is 0.0113. The van der Waals surface area contributed by atoms with Crippen molar-refractivity contribution in [3.63, 3.8) is 0 Å². The Labute approximate surface area is 121 Å². The monoisotopic (exact) mass is 284 g/mol. The second-order valence-electron chi connectivity index (χ2n) is 5.82. The Kier molecular flexibility index (Phi) is 6.23. The van der Waals surface area contributed by atoms with E-state index in [1.54, 1.807) is 0 Å². The van der Waals surface area contributed by atoms with Crippen molar-refractivity contribution >= 4 is 13.1 Å². The summed E-state index contributed by atoms with van der Waals surface area (Å²) >= 11 is 0. The molecular weight excluding hydrogens is 259 g/mol. The molecule has 0 radical (unpaired) electrons. The maximum Gasteiger partial charge on any atom is 0.486 e. The molecule has 1 fully saturated rings. The van der Waals surface area contributed by atoms with Crippen molar-refractivity contribution in [1.82, 2.24) is 0 Å². The summed E-state index contributed by atoms with van der Waals surface area (Å²) in [4.78, 5) is 10.8. The van der Waals surface area contributed by atoms with Gasteiger partial charge in [-0.2, -0.15) is 0 Å². The lowest BCUT2D eigenvalue weighted by molar-refractivity contribution is -0.145. The second kappa shape index (κ2) is 7.25. The van der Waals surface area contributed by atoms with E-state index >= 15 is 0 Å². The van der Waals surface area contributed by atoms with Gasteiger partial charge in [-0.05, 0) is 40.5 Å². The molecule has 6 heteroatoms. The molecule has 1 rings (SSSR count). The van der Waals surface area contributed by atoms with Gasteiger partial charge in [0.05, 0.1) is 18.3 Å². The van der Waals surface area contributed by atoms with Crippen molar-refractivity contribution in [2.24, 2.45) is 0 Å². The first-order valence-corrected chi connectivity index (χ1v) is 6.95. The van der Waals surface area contributed by atoms with E-state index in [4.69, 9.17) is 14.0 Å². The molecule has 0 atom stereocenters. The molecule has 1 saturated heterocycles. The van der Waals surface area contributed by atoms with Gasteiger partial charge >= 0.3 is 13.1 Å². The molecule has 20 heavy (non-hydrogen) atoms. The average molecular weight is 284 g/mol. The van der Waals surface area contributed by atoms with Crippen LogP contribution in [-0.2, 0) is 23.6 Å². The highest BCUT2D eigenvalue weighted by Gasteiger charge is 2.49. The van der Waals surface area contributed by atoms with Crippen LogP contribution in [0.5, 0.6) is 0 Å². The lowest BCUT2D eigenvalue weighted by Gasteiger charge is -2.32. The zero-order chi connectivity index (χ0) is 15.2. The van der Waals surface area contributed by atoms with Crippen LogP contribution in [-0.4, -0.2) is 44.6 Å². The summed E-state index contributed by atoms with van der Waals surface area (Å²) in [5.74, 6) is 1.58. The molecule has 0 unspecified atom stereocenters. The number of unbranched alkanes of at least 4 members (excludes halogenated alkanes) is 1. The van der Waals surface area contributed by atoms with E-state index in [2.05, 4.69) is 4.74 Å². The third-order valence-electron chi connectivity index (χ3n) is 3.67. The van der Waals surface area contributed by atoms with Gasteiger partial charge in [-0.25, -0.2) is 4.79 Å². The summed E-state index contributed by atoms with van der Waals surface area (Å²) < 4.78 is 21.3. The summed E-state index contributed by atoms with van der Waals surface area (Å²) in [7, 11) is 1.05. The Morgan fingerprint density at radius 3 is 2.35 bits per heavy atom. The summed E-state index contributed by atoms with van der Waals surface area (Å²) in [6.45, 7) is 8.66. The number of esters is 1. The molecular formula is C14H25BO5. The molecule has 1 aliphatic rings. The first-order valence-electron chi connectivity index (χ1n) is 6.95. The fourth-order valence-corrected chi connectivity index (χ4v) is 1.69. The van der Waals surface area contributed by atoms with Crippen LogP contribution >= 0.6 is 0 Å². The van der Waals surface area contributed by atoms with Gasteiger partial charge < -0.3 is 18.8 Å². The predicted octanol–water partition coefficient (Wildman–Crippen LogP) is 2.14. The zero-order valence-corrected chi connectivity index (χ0v) is 13.1. The molecule has 0 aliphatic carbocycles. The highest BCUT2D eigenvalue weighted by molar-refractivity contribution is 6.51. The molecule has 0 aromatic carbocycles. The van der Waals surface area contributed by atoms with E-state index in [9.17, 15) is 4.79 Å². The Balaban J connectivity index is 2.16. The van der Waals surface area contributed by atoms with Crippen molar-refractivity contribution in [2.45, 2.75) is 51.7 Å². The van der Waals surface area contributed by atoms with E-state index in [0.29, 0.717) is 6.61 Å². The van der Waals surface area contributed by atoms with Crippen LogP contribution in [0.25, 0.3) is 0 Å². The molecule has 1 aliphatic heterocycles. The van der Waals surface area contributed by atoms with Gasteiger partial charge in [0.25, 0.3) is 0 Å². The number of methoxy groups -OCH3 is 1. The van der Waals surface area contributed by atoms with Crippen molar-refractivity contribution in [3.8, 4) is 0 Å². The normalized spacial score (nSPS) is 20.6. The predicted molar refractivity (Wildman–Crippen MR) is 77.3 cm³/mol. The number of allylic oxidation sites excluding steroid dienone is 1. The Hall–Kier alpha value is -0.845. The molecule has 1 heterocycles. The van der Waals surface area contributed by atoms with Crippen LogP contribution in [0.3, 0.4) is 0 Å². The zero-order valence-electron chi connectivity index (χ0n) is 13.1. The Morgan fingerprint density at radius 1 is 1.20 bits per heavy atom. The fraction of sp³-hybridized carbons (Fsp3) is 0.786. The molecule has 0 bridgehead atoms. The van der Waals surface area contributed by atoms with Crippen molar-refractivity contribution < 1.29 is 23.6 Å². The highest BCUT2D eigenvalue weighted by Crippen LogP contribution is 2.36. The smallest absolute Gasteiger partial charge is 0.467 e. The fourth-order valence-electron chi connectivity index (χ4n) is 1.69. The van der Waals surface area contributed by atoms with Crippen LogP contribution in [0.2, 0.25) is 0 Å². The van der Waals surface area contributed by atoms with Crippen LogP contribution in [0.4, 0.5) is 0 Å². The summed E-state index contributed by atoms with van der Waals surface area (Å²) in [6, 6.07) is 0. The van der Waals surface area contributed by atoms with Crippen LogP contribution in [0, 0.1) is 0 Å². The number of hydrogen-bond acceptors (Lipinski definition) is 5. The van der Waals surface area contributed by atoms with Crippen molar-refractivity contribution in [2.75, 3.05) is 20.3 Å². The number of carbonyl (C=O) groups is 1. The quantitative estimate of drug-likeness (QED) is 0.407. The molecule has 114 valence electrons. The van der Waals surface area contributed by atoms with Crippen LogP contribution < -0.4 is 0 Å². The van der Waals surface area contributed by atoms with Gasteiger partial charge in [-0.15, -0.1) is 0 Å². The van der Waals surface area contributed by atoms with Gasteiger partial charge in [0.2, 0.25) is 0 Å². The summed E-state index contributed by atoms with van der Waals surface area (Å²) in [5, 5.41) is 0. The first kappa shape index (κ1) is 17.2. The largest absolute Gasteiger partial charge is 0.486 e. The number of carbonyl (C=O) groups excluding carboxylic acids is 1. The topological polar surface area (TPSA) is 54.0 Å². The molecule has 5 nitrogen and oxygen atoms in total. The lowest BCUT2D eigenvalue weighted by atomic mass is 9.89. The Morgan fingerprint density at radius 2 is 1.80 bits per heavy atom. The Bertz CT molecular complexity index is 335.